The lowest BCUT2D eigenvalue weighted by molar-refractivity contribution is -0.0494. The van der Waals surface area contributed by atoms with Crippen molar-refractivity contribution < 1.29 is 13.6 Å². The van der Waals surface area contributed by atoms with Gasteiger partial charge in [0, 0.05) is 73.5 Å². The normalized spacial score (nSPS) is 15.9. The van der Waals surface area contributed by atoms with Crippen molar-refractivity contribution in [2.75, 3.05) is 13.1 Å². The average Bonchev–Trinajstić information content (AvgIpc) is 2.80. The number of fused-ring (bicyclic) bond motifs is 2. The summed E-state index contributed by atoms with van der Waals surface area (Å²) in [5.41, 5.74) is 2.94. The van der Waals surface area contributed by atoms with Crippen molar-refractivity contribution in [3.05, 3.63) is 70.9 Å². The van der Waals surface area contributed by atoms with E-state index in [2.05, 4.69) is 9.97 Å². The van der Waals surface area contributed by atoms with Crippen molar-refractivity contribution in [2.45, 2.75) is 18.8 Å². The molecule has 0 spiro atoms. The molecule has 1 amide bonds. The maximum absolute atomic E-state index is 13.4. The third-order valence-corrected chi connectivity index (χ3v) is 5.97. The molecule has 1 aromatic carbocycles. The van der Waals surface area contributed by atoms with Crippen LogP contribution in [-0.4, -0.2) is 44.4 Å². The van der Waals surface area contributed by atoms with Crippen LogP contribution in [0.5, 0.6) is 0 Å². The largest absolute Gasteiger partial charge is 0.338 e. The summed E-state index contributed by atoms with van der Waals surface area (Å²) < 4.78 is 28.3. The molecule has 8 heteroatoms. The molecule has 1 fully saturated rings. The number of para-hydroxylation sites is 1. The molecule has 3 aromatic heterocycles. The van der Waals surface area contributed by atoms with E-state index < -0.39 is 5.92 Å². The number of carbonyl (C=O) groups is 1. The van der Waals surface area contributed by atoms with E-state index in [9.17, 15) is 18.4 Å². The maximum Gasteiger partial charge on any atom is 0.276 e. The quantitative estimate of drug-likeness (QED) is 0.478. The molecule has 0 bridgehead atoms. The first kappa shape index (κ1) is 20.2. The Kier molecular flexibility index (Phi) is 4.73. The monoisotopic (exact) mass is 434 g/mol. The summed E-state index contributed by atoms with van der Waals surface area (Å²) in [5.74, 6) is -2.99. The number of halogens is 2. The van der Waals surface area contributed by atoms with E-state index in [1.807, 2.05) is 30.3 Å². The fraction of sp³-hybridized carbons (Fsp3) is 0.250. The second-order valence-electron chi connectivity index (χ2n) is 8.14. The van der Waals surface area contributed by atoms with Gasteiger partial charge in [-0.25, -0.2) is 13.8 Å². The minimum atomic E-state index is -2.70. The molecule has 1 aliphatic heterocycles. The molecule has 162 valence electrons. The molecule has 32 heavy (non-hydrogen) atoms. The Morgan fingerprint density at radius 1 is 1.00 bits per heavy atom. The number of alkyl halides is 2. The van der Waals surface area contributed by atoms with Crippen LogP contribution in [0, 0.1) is 0 Å². The number of aryl methyl sites for hydroxylation is 1. The molecular formula is C24H20F2N4O2. The van der Waals surface area contributed by atoms with Crippen LogP contribution in [0.4, 0.5) is 8.78 Å². The van der Waals surface area contributed by atoms with E-state index in [-0.39, 0.29) is 37.4 Å². The highest BCUT2D eigenvalue weighted by atomic mass is 19.3. The molecular weight excluding hydrogens is 414 g/mol. The summed E-state index contributed by atoms with van der Waals surface area (Å²) in [6.45, 7) is 0.0677. The molecule has 4 heterocycles. The molecule has 0 radical (unpaired) electrons. The van der Waals surface area contributed by atoms with E-state index >= 15 is 0 Å². The van der Waals surface area contributed by atoms with Gasteiger partial charge in [0.1, 0.15) is 5.52 Å². The Labute approximate surface area is 182 Å². The first-order valence-electron chi connectivity index (χ1n) is 10.3. The second-order valence-corrected chi connectivity index (χ2v) is 8.14. The van der Waals surface area contributed by atoms with Gasteiger partial charge in [0.25, 0.3) is 17.4 Å². The van der Waals surface area contributed by atoms with Gasteiger partial charge in [-0.2, -0.15) is 0 Å². The van der Waals surface area contributed by atoms with Crippen molar-refractivity contribution in [2.24, 2.45) is 7.05 Å². The molecule has 5 rings (SSSR count). The van der Waals surface area contributed by atoms with Crippen LogP contribution in [0.2, 0.25) is 0 Å². The van der Waals surface area contributed by atoms with Gasteiger partial charge < -0.3 is 9.47 Å². The van der Waals surface area contributed by atoms with Crippen LogP contribution in [-0.2, 0) is 7.05 Å². The Bertz CT molecular complexity index is 1420. The average molecular weight is 434 g/mol. The van der Waals surface area contributed by atoms with Crippen molar-refractivity contribution in [3.8, 4) is 11.1 Å². The van der Waals surface area contributed by atoms with Crippen LogP contribution < -0.4 is 5.56 Å². The lowest BCUT2D eigenvalue weighted by Gasteiger charge is -2.31. The zero-order chi connectivity index (χ0) is 22.5. The Morgan fingerprint density at radius 2 is 1.72 bits per heavy atom. The molecule has 0 saturated carbocycles. The minimum Gasteiger partial charge on any atom is -0.338 e. The fourth-order valence-corrected chi connectivity index (χ4v) is 4.09. The third kappa shape index (κ3) is 3.51. The summed E-state index contributed by atoms with van der Waals surface area (Å²) in [7, 11) is 1.68. The van der Waals surface area contributed by atoms with Crippen LogP contribution in [0.3, 0.4) is 0 Å². The van der Waals surface area contributed by atoms with Crippen molar-refractivity contribution in [1.82, 2.24) is 19.4 Å². The van der Waals surface area contributed by atoms with Gasteiger partial charge >= 0.3 is 0 Å². The highest BCUT2D eigenvalue weighted by molar-refractivity contribution is 6.01. The molecule has 4 aromatic rings. The smallest absolute Gasteiger partial charge is 0.276 e. The molecule has 1 aliphatic rings. The molecule has 0 unspecified atom stereocenters. The third-order valence-electron chi connectivity index (χ3n) is 5.97. The van der Waals surface area contributed by atoms with Crippen LogP contribution in [0.15, 0.2) is 59.8 Å². The molecule has 1 saturated heterocycles. The summed E-state index contributed by atoms with van der Waals surface area (Å²) in [4.78, 5) is 35.4. The van der Waals surface area contributed by atoms with Crippen LogP contribution in [0.1, 0.15) is 23.2 Å². The number of rotatable bonds is 2. The van der Waals surface area contributed by atoms with E-state index in [0.29, 0.717) is 16.6 Å². The number of pyridine rings is 3. The Hall–Kier alpha value is -3.68. The van der Waals surface area contributed by atoms with Crippen LogP contribution >= 0.6 is 0 Å². The zero-order valence-corrected chi connectivity index (χ0v) is 17.4. The van der Waals surface area contributed by atoms with Gasteiger partial charge in [-0.1, -0.05) is 18.2 Å². The lowest BCUT2D eigenvalue weighted by atomic mass is 10.0. The van der Waals surface area contributed by atoms with Gasteiger partial charge in [-0.05, 0) is 18.2 Å². The highest BCUT2D eigenvalue weighted by Crippen LogP contribution is 2.30. The van der Waals surface area contributed by atoms with Crippen molar-refractivity contribution >= 4 is 27.7 Å². The number of piperidine rings is 1. The van der Waals surface area contributed by atoms with Crippen molar-refractivity contribution in [3.63, 3.8) is 0 Å². The zero-order valence-electron chi connectivity index (χ0n) is 17.4. The number of carbonyl (C=O) groups excluding carboxylic acids is 1. The predicted molar refractivity (Wildman–Crippen MR) is 118 cm³/mol. The first-order valence-corrected chi connectivity index (χ1v) is 10.3. The number of likely N-dealkylation sites (tertiary alicyclic amines) is 1. The molecule has 0 aliphatic carbocycles. The second kappa shape index (κ2) is 7.47. The van der Waals surface area contributed by atoms with E-state index in [1.165, 1.54) is 15.7 Å². The molecule has 0 atom stereocenters. The van der Waals surface area contributed by atoms with Gasteiger partial charge in [0.05, 0.1) is 11.1 Å². The lowest BCUT2D eigenvalue weighted by Crippen LogP contribution is -2.42. The number of hydrogen-bond donors (Lipinski definition) is 0. The molecule has 0 N–H and O–H groups in total. The van der Waals surface area contributed by atoms with E-state index in [4.69, 9.17) is 0 Å². The van der Waals surface area contributed by atoms with E-state index in [1.54, 1.807) is 25.5 Å². The number of nitrogens with zero attached hydrogens (tertiary/aromatic N) is 4. The van der Waals surface area contributed by atoms with Gasteiger partial charge in [0.15, 0.2) is 0 Å². The fourth-order valence-electron chi connectivity index (χ4n) is 4.09. The van der Waals surface area contributed by atoms with Gasteiger partial charge in [-0.15, -0.1) is 0 Å². The summed E-state index contributed by atoms with van der Waals surface area (Å²) in [5, 5.41) is 1.50. The maximum atomic E-state index is 13.4. The van der Waals surface area contributed by atoms with E-state index in [0.717, 1.165) is 21.9 Å². The number of hydrogen-bond acceptors (Lipinski definition) is 4. The summed E-state index contributed by atoms with van der Waals surface area (Å²) in [6.07, 6.45) is 4.20. The summed E-state index contributed by atoms with van der Waals surface area (Å²) >= 11 is 0. The topological polar surface area (TPSA) is 68.1 Å². The number of aromatic nitrogens is 3. The minimum absolute atomic E-state index is 0.0339. The SMILES string of the molecule is Cn1ccc2cc(-c3cccc4cc(C(=O)N5CCC(F)(F)CC5)cnc34)cnc2c1=O. The van der Waals surface area contributed by atoms with Gasteiger partial charge in [0.2, 0.25) is 0 Å². The summed E-state index contributed by atoms with van der Waals surface area (Å²) in [6, 6.07) is 11.1. The first-order chi connectivity index (χ1) is 15.3. The number of benzene rings is 1. The predicted octanol–water partition coefficient (Wildman–Crippen LogP) is 4.02. The van der Waals surface area contributed by atoms with Crippen LogP contribution in [0.25, 0.3) is 32.9 Å². The standard InChI is InChI=1S/C24H20F2N4O2/c1-29-8-5-16-11-17(13-28-21(16)23(29)32)19-4-2-3-15-12-18(14-27-20(15)19)22(31)30-9-6-24(25,26)7-10-30/h2-5,8,11-14H,6-7,9-10H2,1H3. The molecule has 6 nitrogen and oxygen atoms in total. The van der Waals surface area contributed by atoms with Crippen molar-refractivity contribution in [1.29, 1.82) is 0 Å². The number of amides is 1. The Balaban J connectivity index is 1.51. The highest BCUT2D eigenvalue weighted by Gasteiger charge is 2.35. The Morgan fingerprint density at radius 3 is 2.50 bits per heavy atom. The van der Waals surface area contributed by atoms with Gasteiger partial charge in [-0.3, -0.25) is 14.6 Å².